The predicted octanol–water partition coefficient (Wildman–Crippen LogP) is -0.00530. The molecule has 0 unspecified atom stereocenters. The minimum absolute atomic E-state index is 0.0496. The number of hydrogen-bond acceptors (Lipinski definition) is 5. The molecule has 1 heterocycles. The van der Waals surface area contributed by atoms with Gasteiger partial charge < -0.3 is 16.2 Å². The Morgan fingerprint density at radius 3 is 2.41 bits per heavy atom. The molecule has 4 N–H and O–H groups in total. The molecule has 1 aliphatic rings. The molecule has 90 valence electrons. The van der Waals surface area contributed by atoms with E-state index in [2.05, 4.69) is 15.5 Å². The lowest BCUT2D eigenvalue weighted by molar-refractivity contribution is -0.145. The topological polar surface area (TPSA) is 118 Å². The molecule has 2 rings (SSSR count). The van der Waals surface area contributed by atoms with Gasteiger partial charge in [0.1, 0.15) is 11.4 Å². The normalized spacial score (nSPS) is 16.9. The molecule has 1 saturated carbocycles. The van der Waals surface area contributed by atoms with E-state index < -0.39 is 17.4 Å². The summed E-state index contributed by atoms with van der Waals surface area (Å²) in [6.45, 7) is 0. The summed E-state index contributed by atoms with van der Waals surface area (Å²) in [4.78, 5) is 21.9. The molecule has 0 saturated heterocycles. The summed E-state index contributed by atoms with van der Waals surface area (Å²) in [5.41, 5.74) is 4.13. The first kappa shape index (κ1) is 11.3. The molecule has 0 spiro atoms. The molecule has 0 aliphatic heterocycles. The summed E-state index contributed by atoms with van der Waals surface area (Å²) in [6, 6.07) is 2.90. The lowest BCUT2D eigenvalue weighted by atomic mass is 9.77. The number of nitrogens with one attached hydrogen (secondary N) is 1. The van der Waals surface area contributed by atoms with Crippen molar-refractivity contribution in [3.63, 3.8) is 0 Å². The maximum atomic E-state index is 11.1. The van der Waals surface area contributed by atoms with Crippen molar-refractivity contribution in [2.45, 2.75) is 24.8 Å². The lowest BCUT2D eigenvalue weighted by Gasteiger charge is -2.38. The van der Waals surface area contributed by atoms with Crippen LogP contribution in [0.2, 0.25) is 0 Å². The van der Waals surface area contributed by atoms with Crippen LogP contribution in [0.25, 0.3) is 0 Å². The Morgan fingerprint density at radius 1 is 1.35 bits per heavy atom. The Morgan fingerprint density at radius 2 is 2.06 bits per heavy atom. The van der Waals surface area contributed by atoms with Crippen LogP contribution < -0.4 is 11.1 Å². The SMILES string of the molecule is NC(=O)c1ccc(NC2(C(=O)O)CCC2)nn1. The molecule has 7 heteroatoms. The fraction of sp³-hybridized carbons (Fsp3) is 0.400. The summed E-state index contributed by atoms with van der Waals surface area (Å²) < 4.78 is 0. The lowest BCUT2D eigenvalue weighted by Crippen LogP contribution is -2.52. The minimum atomic E-state index is -0.942. The quantitative estimate of drug-likeness (QED) is 0.676. The van der Waals surface area contributed by atoms with Crippen molar-refractivity contribution in [2.75, 3.05) is 5.32 Å². The van der Waals surface area contributed by atoms with Crippen LogP contribution in [-0.4, -0.2) is 32.7 Å². The van der Waals surface area contributed by atoms with Crippen molar-refractivity contribution < 1.29 is 14.7 Å². The number of primary amides is 1. The summed E-state index contributed by atoms with van der Waals surface area (Å²) in [5, 5.41) is 19.3. The van der Waals surface area contributed by atoms with Gasteiger partial charge in [0, 0.05) is 0 Å². The molecule has 1 fully saturated rings. The van der Waals surface area contributed by atoms with Gasteiger partial charge >= 0.3 is 5.97 Å². The van der Waals surface area contributed by atoms with Gasteiger partial charge in [0.05, 0.1) is 0 Å². The van der Waals surface area contributed by atoms with Gasteiger partial charge in [-0.15, -0.1) is 10.2 Å². The molecule has 1 aromatic heterocycles. The number of carboxylic acids is 1. The highest BCUT2D eigenvalue weighted by atomic mass is 16.4. The zero-order chi connectivity index (χ0) is 12.5. The van der Waals surface area contributed by atoms with E-state index in [0.29, 0.717) is 18.7 Å². The van der Waals surface area contributed by atoms with Crippen LogP contribution in [0.5, 0.6) is 0 Å². The minimum Gasteiger partial charge on any atom is -0.480 e. The molecule has 0 aromatic carbocycles. The molecule has 1 aliphatic carbocycles. The fourth-order valence-corrected chi connectivity index (χ4v) is 1.70. The number of amides is 1. The zero-order valence-corrected chi connectivity index (χ0v) is 9.01. The molecule has 0 radical (unpaired) electrons. The van der Waals surface area contributed by atoms with E-state index in [1.165, 1.54) is 12.1 Å². The van der Waals surface area contributed by atoms with Crippen molar-refractivity contribution in [1.29, 1.82) is 0 Å². The molecule has 1 amide bonds. The molecule has 0 bridgehead atoms. The van der Waals surface area contributed by atoms with E-state index in [-0.39, 0.29) is 5.69 Å². The number of rotatable bonds is 4. The maximum absolute atomic E-state index is 11.1. The summed E-state index contributed by atoms with van der Waals surface area (Å²) in [6.07, 6.45) is 1.98. The van der Waals surface area contributed by atoms with Crippen molar-refractivity contribution in [3.05, 3.63) is 17.8 Å². The highest BCUT2D eigenvalue weighted by Gasteiger charge is 2.44. The first-order valence-electron chi connectivity index (χ1n) is 5.19. The predicted molar refractivity (Wildman–Crippen MR) is 58.4 cm³/mol. The van der Waals surface area contributed by atoms with Gasteiger partial charge in [-0.2, -0.15) is 0 Å². The standard InChI is InChI=1S/C10H12N4O3/c11-8(15)6-2-3-7(14-13-6)12-10(9(16)17)4-1-5-10/h2-3H,1,4-5H2,(H2,11,15)(H,12,14)(H,16,17). The van der Waals surface area contributed by atoms with Crippen molar-refractivity contribution in [1.82, 2.24) is 10.2 Å². The number of nitrogens with zero attached hydrogens (tertiary/aromatic N) is 2. The van der Waals surface area contributed by atoms with E-state index in [9.17, 15) is 9.59 Å². The van der Waals surface area contributed by atoms with E-state index in [0.717, 1.165) is 6.42 Å². The molecule has 7 nitrogen and oxygen atoms in total. The second kappa shape index (κ2) is 4.00. The Labute approximate surface area is 97.0 Å². The van der Waals surface area contributed by atoms with Gasteiger partial charge in [-0.05, 0) is 31.4 Å². The highest BCUT2D eigenvalue weighted by molar-refractivity contribution is 5.90. The summed E-state index contributed by atoms with van der Waals surface area (Å²) in [5.74, 6) is -1.23. The van der Waals surface area contributed by atoms with Crippen LogP contribution >= 0.6 is 0 Å². The Hall–Kier alpha value is -2.18. The average Bonchev–Trinajstić information content (AvgIpc) is 2.23. The number of anilines is 1. The smallest absolute Gasteiger partial charge is 0.329 e. The largest absolute Gasteiger partial charge is 0.480 e. The van der Waals surface area contributed by atoms with Crippen molar-refractivity contribution >= 4 is 17.7 Å². The van der Waals surface area contributed by atoms with Gasteiger partial charge in [0.2, 0.25) is 0 Å². The third kappa shape index (κ3) is 2.03. The highest BCUT2D eigenvalue weighted by Crippen LogP contribution is 2.34. The van der Waals surface area contributed by atoms with Crippen LogP contribution in [0.4, 0.5) is 5.82 Å². The number of carboxylic acid groups (broad SMARTS) is 1. The summed E-state index contributed by atoms with van der Waals surface area (Å²) >= 11 is 0. The number of carbonyl (C=O) groups is 2. The van der Waals surface area contributed by atoms with Crippen LogP contribution in [0.1, 0.15) is 29.8 Å². The molecule has 1 aromatic rings. The second-order valence-corrected chi connectivity index (χ2v) is 4.03. The number of carbonyl (C=O) groups excluding carboxylic acids is 1. The first-order valence-corrected chi connectivity index (χ1v) is 5.19. The number of aromatic nitrogens is 2. The van der Waals surface area contributed by atoms with E-state index in [1.807, 2.05) is 0 Å². The number of nitrogens with two attached hydrogens (primary N) is 1. The van der Waals surface area contributed by atoms with E-state index in [4.69, 9.17) is 10.8 Å². The zero-order valence-electron chi connectivity index (χ0n) is 9.01. The van der Waals surface area contributed by atoms with Crippen LogP contribution in [0, 0.1) is 0 Å². The molecular weight excluding hydrogens is 224 g/mol. The third-order valence-corrected chi connectivity index (χ3v) is 2.90. The van der Waals surface area contributed by atoms with Crippen molar-refractivity contribution in [2.24, 2.45) is 5.73 Å². The fourth-order valence-electron chi connectivity index (χ4n) is 1.70. The van der Waals surface area contributed by atoms with Crippen LogP contribution in [-0.2, 0) is 4.79 Å². The summed E-state index contributed by atoms with van der Waals surface area (Å²) in [7, 11) is 0. The molecule has 17 heavy (non-hydrogen) atoms. The Bertz CT molecular complexity index is 453. The van der Waals surface area contributed by atoms with E-state index in [1.54, 1.807) is 0 Å². The van der Waals surface area contributed by atoms with Gasteiger partial charge in [0.15, 0.2) is 5.69 Å². The van der Waals surface area contributed by atoms with Gasteiger partial charge in [-0.1, -0.05) is 0 Å². The molecule has 0 atom stereocenters. The van der Waals surface area contributed by atoms with Crippen LogP contribution in [0.15, 0.2) is 12.1 Å². The number of aliphatic carboxylic acids is 1. The van der Waals surface area contributed by atoms with Gasteiger partial charge in [0.25, 0.3) is 5.91 Å². The monoisotopic (exact) mass is 236 g/mol. The third-order valence-electron chi connectivity index (χ3n) is 2.90. The number of hydrogen-bond donors (Lipinski definition) is 3. The Kier molecular flexibility index (Phi) is 2.66. The first-order chi connectivity index (χ1) is 8.03. The molecular formula is C10H12N4O3. The average molecular weight is 236 g/mol. The van der Waals surface area contributed by atoms with Crippen molar-refractivity contribution in [3.8, 4) is 0 Å². The van der Waals surface area contributed by atoms with E-state index >= 15 is 0 Å². The van der Waals surface area contributed by atoms with Gasteiger partial charge in [-0.3, -0.25) is 4.79 Å². The second-order valence-electron chi connectivity index (χ2n) is 4.03. The Balaban J connectivity index is 2.13. The van der Waals surface area contributed by atoms with Gasteiger partial charge in [-0.25, -0.2) is 4.79 Å². The maximum Gasteiger partial charge on any atom is 0.329 e. The van der Waals surface area contributed by atoms with Crippen LogP contribution in [0.3, 0.4) is 0 Å².